The number of nitrogens with one attached hydrogen (secondary N) is 6. The first-order valence-corrected chi connectivity index (χ1v) is 43.8. The third-order valence-corrected chi connectivity index (χ3v) is 23.8. The number of hydrogen-bond donors (Lipinski definition) is 9. The third-order valence-electron chi connectivity index (χ3n) is 21.2. The molecule has 8 aromatic rings. The van der Waals surface area contributed by atoms with Crippen LogP contribution in [0.4, 0.5) is 24.5 Å². The fourth-order valence-electron chi connectivity index (χ4n) is 14.9. The second kappa shape index (κ2) is 46.5. The van der Waals surface area contributed by atoms with Crippen LogP contribution in [0.1, 0.15) is 236 Å². The van der Waals surface area contributed by atoms with E-state index in [1.807, 2.05) is 118 Å². The van der Waals surface area contributed by atoms with Crippen LogP contribution in [0.3, 0.4) is 0 Å². The second-order valence-corrected chi connectivity index (χ2v) is 34.2. The Balaban J connectivity index is 0.000000292. The molecule has 0 radical (unpaired) electrons. The Kier molecular flexibility index (Phi) is 36.6. The maximum atomic E-state index is 14.7. The molecule has 4 aromatic carbocycles. The first kappa shape index (κ1) is 92.9. The Labute approximate surface area is 710 Å². The lowest BCUT2D eigenvalue weighted by molar-refractivity contribution is -0.141. The van der Waals surface area contributed by atoms with Crippen molar-refractivity contribution >= 4 is 98.0 Å². The van der Waals surface area contributed by atoms with Gasteiger partial charge >= 0.3 is 0 Å². The molecule has 10 rings (SSSR count). The number of amides is 7. The molecule has 2 saturated heterocycles. The molecule has 31 heteroatoms. The molecule has 8 atom stereocenters. The Morgan fingerprint density at radius 2 is 1.00 bits per heavy atom. The lowest BCUT2D eigenvalue weighted by atomic mass is 9.91. The minimum atomic E-state index is -1.31. The van der Waals surface area contributed by atoms with Crippen LogP contribution in [0.15, 0.2) is 111 Å². The van der Waals surface area contributed by atoms with Gasteiger partial charge < -0.3 is 61.4 Å². The number of nitrogens with zero attached hydrogens (tertiary/aromatic N) is 6. The number of likely N-dealkylation sites (tertiary alicyclic amines) is 2. The smallest absolute Gasteiger partial charge is 0.277 e. The molecule has 6 heterocycles. The third kappa shape index (κ3) is 27.0. The number of halogens is 4. The van der Waals surface area contributed by atoms with E-state index in [1.165, 1.54) is 33.3 Å². The molecule has 0 spiro atoms. The molecule has 118 heavy (non-hydrogen) atoms. The monoisotopic (exact) mass is 1780 g/mol. The van der Waals surface area contributed by atoms with Crippen molar-refractivity contribution in [3.8, 4) is 20.9 Å². The normalized spacial score (nSPS) is 16.3. The van der Waals surface area contributed by atoms with Crippen LogP contribution in [0, 0.1) is 60.6 Å². The highest BCUT2D eigenvalue weighted by Crippen LogP contribution is 2.37. The number of thiazole rings is 2. The average Bonchev–Trinajstić information content (AvgIpc) is 1.01. The molecule has 0 saturated carbocycles. The van der Waals surface area contributed by atoms with Crippen LogP contribution in [0.5, 0.6) is 0 Å². The highest BCUT2D eigenvalue weighted by Gasteiger charge is 2.46. The summed E-state index contributed by atoms with van der Waals surface area (Å²) in [6, 6.07) is 21.9. The Morgan fingerprint density at radius 1 is 0.568 bits per heavy atom. The van der Waals surface area contributed by atoms with Crippen LogP contribution in [-0.2, 0) is 33.6 Å². The SMILES string of the molecule is Cc1cc([C@H](C(=O)N2C[C@H](O)C[C@H]2C(=O)N[C@@H](CC(=O)NCCCCCCCCCCCCONC(=O)c2ccc(F)c(F)c2Nc2ccc(I)cc2F)c2ccc(-c3scnc3C)cc2)C(C)C)on1.Cc1cc([C@H](C(=O)N2C[C@H](O)C[C@H]2C(=O)N[C@@H](CC(=O)NCCCCCCCCN)c2ccc(-c3scnc3C)cc2)C(C)C)on1. The van der Waals surface area contributed by atoms with Crippen LogP contribution in [0.25, 0.3) is 20.9 Å². The van der Waals surface area contributed by atoms with Gasteiger partial charge in [0.25, 0.3) is 5.91 Å². The van der Waals surface area contributed by atoms with Crippen molar-refractivity contribution < 1.29 is 70.8 Å². The molecular formula is C87H113F3IN13O12S2. The number of aromatic nitrogens is 4. The molecule has 0 unspecified atom stereocenters. The van der Waals surface area contributed by atoms with E-state index in [9.17, 15) is 56.9 Å². The van der Waals surface area contributed by atoms with Gasteiger partial charge in [-0.25, -0.2) is 28.6 Å². The fraction of sp³-hybridized carbons (Fsp3) is 0.506. The standard InChI is InChI=1S/C52H63F3IN7O7S.C35H50N6O5S/c1-31(2)46(44-25-32(3)61-70-44)52(68)63-29-37(64)27-43(63)51(67)60-42(34-15-17-35(18-16-34)49-33(4)58-30-71-49)28-45(65)57-23-13-11-9-7-5-6-8-10-12-14-24-69-62-50(66)38-20-21-39(53)47(55)48(38)59-41-22-19-36(56)26-40(41)54;1-22(2)32(30-17-23(3)40-46-30)35(45)41-20-27(42)18-29(41)34(44)39-28(19-31(43)37-16-10-8-6-5-7-9-15-36)25-11-13-26(14-12-25)33-24(4)38-21-47-33/h15-22,25-26,30-31,37,42-43,46,59,64H,5-14,23-24,27-29H2,1-4H3,(H,57,65)(H,60,67)(H,62,66);11-14,17,21-22,27-29,32,42H,5-10,15-16,18-20,36H2,1-4H3,(H,37,43)(H,39,44)/t37-,42+,43+,46-;27-,28+,29+,32-/m11/s1. The number of aliphatic hydroxyl groups excluding tert-OH is 2. The van der Waals surface area contributed by atoms with Gasteiger partial charge in [-0.2, -0.15) is 0 Å². The summed E-state index contributed by atoms with van der Waals surface area (Å²) >= 11 is 5.02. The van der Waals surface area contributed by atoms with Crippen molar-refractivity contribution in [1.82, 2.24) is 56.8 Å². The van der Waals surface area contributed by atoms with E-state index in [-0.39, 0.29) is 92.1 Å². The quantitative estimate of drug-likeness (QED) is 0.00974. The molecule has 638 valence electrons. The second-order valence-electron chi connectivity index (χ2n) is 31.2. The topological polar surface area (TPSA) is 352 Å². The summed E-state index contributed by atoms with van der Waals surface area (Å²) in [5.74, 6) is -6.63. The largest absolute Gasteiger partial charge is 0.391 e. The van der Waals surface area contributed by atoms with Crippen molar-refractivity contribution in [3.05, 3.63) is 174 Å². The minimum Gasteiger partial charge on any atom is -0.391 e. The summed E-state index contributed by atoms with van der Waals surface area (Å²) in [5, 5.41) is 43.9. The average molecular weight is 1780 g/mol. The fourth-order valence-corrected chi connectivity index (χ4v) is 16.9. The molecule has 4 aromatic heterocycles. The van der Waals surface area contributed by atoms with Crippen LogP contribution in [0.2, 0.25) is 0 Å². The highest BCUT2D eigenvalue weighted by atomic mass is 127. The number of benzene rings is 4. The summed E-state index contributed by atoms with van der Waals surface area (Å²) in [4.78, 5) is 114. The zero-order valence-corrected chi connectivity index (χ0v) is 72.3. The van der Waals surface area contributed by atoms with Crippen LogP contribution < -0.4 is 37.8 Å². The number of hydroxylamine groups is 1. The van der Waals surface area contributed by atoms with Gasteiger partial charge in [0.15, 0.2) is 11.6 Å². The van der Waals surface area contributed by atoms with Crippen molar-refractivity contribution in [2.45, 2.75) is 232 Å². The molecule has 0 aliphatic carbocycles. The van der Waals surface area contributed by atoms with Gasteiger partial charge in [-0.15, -0.1) is 22.7 Å². The molecular weight excluding hydrogens is 1670 g/mol. The van der Waals surface area contributed by atoms with Crippen LogP contribution >= 0.6 is 45.3 Å². The van der Waals surface area contributed by atoms with Gasteiger partial charge in [0.1, 0.15) is 41.3 Å². The molecule has 0 bridgehead atoms. The van der Waals surface area contributed by atoms with E-state index in [0.717, 1.165) is 158 Å². The lowest BCUT2D eigenvalue weighted by Crippen LogP contribution is -2.49. The van der Waals surface area contributed by atoms with Gasteiger partial charge in [0.05, 0.1) is 104 Å². The predicted molar refractivity (Wildman–Crippen MR) is 457 cm³/mol. The van der Waals surface area contributed by atoms with Crippen molar-refractivity contribution in [2.24, 2.45) is 17.6 Å². The number of carbonyl (C=O) groups is 7. The van der Waals surface area contributed by atoms with Crippen LogP contribution in [-0.4, -0.2) is 145 Å². The predicted octanol–water partition coefficient (Wildman–Crippen LogP) is 15.3. The molecule has 7 amide bonds. The van der Waals surface area contributed by atoms with Gasteiger partial charge in [-0.3, -0.25) is 38.4 Å². The Morgan fingerprint density at radius 3 is 1.40 bits per heavy atom. The van der Waals surface area contributed by atoms with E-state index in [4.69, 9.17) is 19.6 Å². The Bertz CT molecular complexity index is 4580. The molecule has 10 N–H and O–H groups in total. The Hall–Kier alpha value is -8.99. The molecule has 2 fully saturated rings. The number of unbranched alkanes of at least 4 members (excludes halogenated alkanes) is 14. The van der Waals surface area contributed by atoms with E-state index in [2.05, 4.69) is 52.3 Å². The molecule has 25 nitrogen and oxygen atoms in total. The van der Waals surface area contributed by atoms with Gasteiger partial charge in [0.2, 0.25) is 35.4 Å². The lowest BCUT2D eigenvalue weighted by Gasteiger charge is -2.30. The van der Waals surface area contributed by atoms with Gasteiger partial charge in [-0.1, -0.05) is 164 Å². The summed E-state index contributed by atoms with van der Waals surface area (Å²) < 4.78 is 54.7. The number of rotatable bonds is 43. The number of aryl methyl sites for hydroxylation is 4. The summed E-state index contributed by atoms with van der Waals surface area (Å²) in [7, 11) is 0. The van der Waals surface area contributed by atoms with E-state index in [0.29, 0.717) is 46.0 Å². The van der Waals surface area contributed by atoms with Crippen molar-refractivity contribution in [2.75, 3.05) is 44.6 Å². The number of hydrogen-bond acceptors (Lipinski definition) is 20. The van der Waals surface area contributed by atoms with E-state index in [1.54, 1.807) is 48.9 Å². The summed E-state index contributed by atoms with van der Waals surface area (Å²) in [5.41, 5.74) is 17.2. The van der Waals surface area contributed by atoms with Crippen molar-refractivity contribution in [1.29, 1.82) is 0 Å². The van der Waals surface area contributed by atoms with Gasteiger partial charge in [-0.05, 0) is 147 Å². The summed E-state index contributed by atoms with van der Waals surface area (Å²) in [6.45, 7) is 17.1. The van der Waals surface area contributed by atoms with E-state index >= 15 is 0 Å². The zero-order chi connectivity index (χ0) is 85.0. The van der Waals surface area contributed by atoms with E-state index < -0.39 is 89.1 Å². The highest BCUT2D eigenvalue weighted by molar-refractivity contribution is 14.1. The zero-order valence-electron chi connectivity index (χ0n) is 68.5. The number of anilines is 2. The number of aliphatic hydroxyl groups is 2. The molecule has 2 aliphatic heterocycles. The van der Waals surface area contributed by atoms with Gasteiger partial charge in [0, 0.05) is 54.7 Å². The first-order valence-electron chi connectivity index (χ1n) is 41.0. The number of carbonyl (C=O) groups excluding carboxylic acids is 7. The minimum absolute atomic E-state index is 0.00204. The number of nitrogens with two attached hydrogens (primary N) is 1. The maximum absolute atomic E-state index is 14.7. The van der Waals surface area contributed by atoms with Crippen molar-refractivity contribution in [3.63, 3.8) is 0 Å². The molecule has 2 aliphatic rings. The number of β-amino-alcohol motifs (C(OH)–C–C–N with tert-alkyl or cyclic N) is 2. The maximum Gasteiger partial charge on any atom is 0.277 e. The first-order chi connectivity index (χ1) is 56.7. The summed E-state index contributed by atoms with van der Waals surface area (Å²) in [6.07, 6.45) is 14.4.